The van der Waals surface area contributed by atoms with E-state index in [1.54, 1.807) is 43.0 Å². The van der Waals surface area contributed by atoms with Crippen LogP contribution in [0.4, 0.5) is 5.69 Å². The first-order valence-corrected chi connectivity index (χ1v) is 12.4. The van der Waals surface area contributed by atoms with Gasteiger partial charge in [0.15, 0.2) is 0 Å². The lowest BCUT2D eigenvalue weighted by molar-refractivity contribution is -0.124. The fourth-order valence-corrected chi connectivity index (χ4v) is 5.81. The normalized spacial score (nSPS) is 16.1. The minimum atomic E-state index is -3.77. The molecule has 0 aromatic heterocycles. The molecule has 0 saturated carbocycles. The van der Waals surface area contributed by atoms with Gasteiger partial charge in [-0.25, -0.2) is 8.42 Å². The van der Waals surface area contributed by atoms with Gasteiger partial charge in [-0.3, -0.25) is 14.3 Å². The van der Waals surface area contributed by atoms with Gasteiger partial charge in [-0.1, -0.05) is 24.6 Å². The fourth-order valence-electron chi connectivity index (χ4n) is 4.29. The Balaban J connectivity index is 1.75. The van der Waals surface area contributed by atoms with Crippen LogP contribution in [0.1, 0.15) is 53.2 Å². The number of sulfonamides is 1. The number of likely N-dealkylation sites (tertiary alicyclic amines) is 1. The number of hydrogen-bond acceptors (Lipinski definition) is 4. The predicted molar refractivity (Wildman–Crippen MR) is 125 cm³/mol. The maximum absolute atomic E-state index is 13.0. The number of hydrogen-bond donors (Lipinski definition) is 2. The largest absolute Gasteiger partial charge is 0.354 e. The number of carbonyl (C=O) groups excluding carboxylic acids is 2. The molecule has 1 fully saturated rings. The van der Waals surface area contributed by atoms with Crippen LogP contribution in [0.25, 0.3) is 0 Å². The topological polar surface area (TPSA) is 95.6 Å². The molecule has 0 aliphatic carbocycles. The molecular formula is C24H31N3O4S. The van der Waals surface area contributed by atoms with Crippen molar-refractivity contribution in [3.8, 4) is 0 Å². The van der Waals surface area contributed by atoms with Crippen molar-refractivity contribution in [3.63, 3.8) is 0 Å². The molecule has 1 aliphatic rings. The van der Waals surface area contributed by atoms with Crippen molar-refractivity contribution in [2.45, 2.75) is 57.9 Å². The van der Waals surface area contributed by atoms with Gasteiger partial charge in [0.2, 0.25) is 5.91 Å². The Bertz CT molecular complexity index is 1090. The van der Waals surface area contributed by atoms with E-state index in [4.69, 9.17) is 0 Å². The van der Waals surface area contributed by atoms with Crippen LogP contribution in [0.15, 0.2) is 41.3 Å². The molecule has 1 heterocycles. The summed E-state index contributed by atoms with van der Waals surface area (Å²) in [5.41, 5.74) is 3.17. The van der Waals surface area contributed by atoms with Crippen LogP contribution in [-0.2, 0) is 14.8 Å². The third kappa shape index (κ3) is 5.12. The number of benzene rings is 2. The Hall–Kier alpha value is -2.87. The second kappa shape index (κ2) is 9.73. The minimum Gasteiger partial charge on any atom is -0.354 e. The Labute approximate surface area is 190 Å². The third-order valence-corrected chi connectivity index (χ3v) is 7.31. The maximum Gasteiger partial charge on any atom is 0.262 e. The molecule has 8 heteroatoms. The van der Waals surface area contributed by atoms with Gasteiger partial charge in [0, 0.05) is 24.3 Å². The molecule has 1 aliphatic heterocycles. The molecular weight excluding hydrogens is 426 g/mol. The molecule has 2 aromatic rings. The smallest absolute Gasteiger partial charge is 0.262 e. The number of carbonyl (C=O) groups is 2. The summed E-state index contributed by atoms with van der Waals surface area (Å²) in [5.74, 6) is -0.343. The Morgan fingerprint density at radius 2 is 1.69 bits per heavy atom. The van der Waals surface area contributed by atoms with E-state index in [0.29, 0.717) is 41.9 Å². The molecule has 1 saturated heterocycles. The lowest BCUT2D eigenvalue weighted by atomic mass is 10.1. The van der Waals surface area contributed by atoms with Crippen LogP contribution < -0.4 is 10.0 Å². The van der Waals surface area contributed by atoms with Gasteiger partial charge in [-0.15, -0.1) is 0 Å². The molecule has 2 aromatic carbocycles. The minimum absolute atomic E-state index is 0.120. The molecule has 0 bridgehead atoms. The lowest BCUT2D eigenvalue weighted by Gasteiger charge is -2.24. The lowest BCUT2D eigenvalue weighted by Crippen LogP contribution is -2.46. The van der Waals surface area contributed by atoms with Crippen molar-refractivity contribution in [1.82, 2.24) is 10.2 Å². The number of anilines is 1. The molecule has 3 rings (SSSR count). The van der Waals surface area contributed by atoms with Crippen LogP contribution in [0, 0.1) is 20.8 Å². The Morgan fingerprint density at radius 3 is 2.28 bits per heavy atom. The van der Waals surface area contributed by atoms with Gasteiger partial charge < -0.3 is 10.2 Å². The van der Waals surface area contributed by atoms with Crippen molar-refractivity contribution in [1.29, 1.82) is 0 Å². The SMILES string of the molecule is CCCNC(=O)C1CCCN1C(=O)c1ccc(NS(=O)(=O)c2c(C)cc(C)cc2C)cc1. The van der Waals surface area contributed by atoms with E-state index in [2.05, 4.69) is 10.0 Å². The van der Waals surface area contributed by atoms with E-state index in [-0.39, 0.29) is 16.7 Å². The average molecular weight is 458 g/mol. The van der Waals surface area contributed by atoms with E-state index in [1.165, 1.54) is 0 Å². The summed E-state index contributed by atoms with van der Waals surface area (Å²) in [6.07, 6.45) is 2.27. The fraction of sp³-hybridized carbons (Fsp3) is 0.417. The van der Waals surface area contributed by atoms with Crippen LogP contribution in [0.5, 0.6) is 0 Å². The number of aryl methyl sites for hydroxylation is 3. The van der Waals surface area contributed by atoms with E-state index >= 15 is 0 Å². The van der Waals surface area contributed by atoms with Gasteiger partial charge in [0.1, 0.15) is 6.04 Å². The summed E-state index contributed by atoms with van der Waals surface area (Å²) < 4.78 is 28.5. The summed E-state index contributed by atoms with van der Waals surface area (Å²) in [4.78, 5) is 27.2. The molecule has 2 amide bonds. The zero-order valence-corrected chi connectivity index (χ0v) is 19.9. The number of nitrogens with zero attached hydrogens (tertiary/aromatic N) is 1. The first kappa shape index (κ1) is 23.8. The van der Waals surface area contributed by atoms with Crippen LogP contribution in [0.2, 0.25) is 0 Å². The first-order chi connectivity index (χ1) is 15.1. The van der Waals surface area contributed by atoms with Gasteiger partial charge in [0.05, 0.1) is 4.90 Å². The molecule has 1 unspecified atom stereocenters. The first-order valence-electron chi connectivity index (χ1n) is 10.9. The van der Waals surface area contributed by atoms with Crippen molar-refractivity contribution >= 4 is 27.5 Å². The zero-order valence-electron chi connectivity index (χ0n) is 19.1. The second-order valence-electron chi connectivity index (χ2n) is 8.36. The van der Waals surface area contributed by atoms with Gasteiger partial charge in [0.25, 0.3) is 15.9 Å². The summed E-state index contributed by atoms with van der Waals surface area (Å²) in [7, 11) is -3.77. The monoisotopic (exact) mass is 457 g/mol. The van der Waals surface area contributed by atoms with Gasteiger partial charge >= 0.3 is 0 Å². The average Bonchev–Trinajstić information content (AvgIpc) is 3.20. The number of nitrogens with one attached hydrogen (secondary N) is 2. The summed E-state index contributed by atoms with van der Waals surface area (Å²) in [5, 5.41) is 2.86. The van der Waals surface area contributed by atoms with E-state index in [1.807, 2.05) is 26.0 Å². The van der Waals surface area contributed by atoms with Crippen molar-refractivity contribution in [2.24, 2.45) is 0 Å². The molecule has 0 radical (unpaired) electrons. The molecule has 172 valence electrons. The molecule has 7 nitrogen and oxygen atoms in total. The van der Waals surface area contributed by atoms with Crippen molar-refractivity contribution in [2.75, 3.05) is 17.8 Å². The highest BCUT2D eigenvalue weighted by atomic mass is 32.2. The standard InChI is InChI=1S/C24H31N3O4S/c1-5-12-25-23(28)21-7-6-13-27(21)24(29)19-8-10-20(11-9-19)26-32(30,31)22-17(3)14-16(2)15-18(22)4/h8-11,14-15,21,26H,5-7,12-13H2,1-4H3,(H,25,28). The van der Waals surface area contributed by atoms with E-state index in [0.717, 1.165) is 18.4 Å². The van der Waals surface area contributed by atoms with Crippen LogP contribution in [0.3, 0.4) is 0 Å². The summed E-state index contributed by atoms with van der Waals surface area (Å²) in [6.45, 7) is 8.58. The van der Waals surface area contributed by atoms with Crippen LogP contribution >= 0.6 is 0 Å². The zero-order chi connectivity index (χ0) is 23.5. The quantitative estimate of drug-likeness (QED) is 0.665. The Morgan fingerprint density at radius 1 is 1.06 bits per heavy atom. The Kier molecular flexibility index (Phi) is 7.23. The number of amides is 2. The second-order valence-corrected chi connectivity index (χ2v) is 9.98. The molecule has 0 spiro atoms. The van der Waals surface area contributed by atoms with Gasteiger partial charge in [-0.05, 0) is 75.4 Å². The van der Waals surface area contributed by atoms with E-state index < -0.39 is 16.1 Å². The molecule has 32 heavy (non-hydrogen) atoms. The number of rotatable bonds is 7. The van der Waals surface area contributed by atoms with Crippen LogP contribution in [-0.4, -0.2) is 44.3 Å². The van der Waals surface area contributed by atoms with Crippen molar-refractivity contribution in [3.05, 3.63) is 58.7 Å². The highest BCUT2D eigenvalue weighted by molar-refractivity contribution is 7.92. The van der Waals surface area contributed by atoms with E-state index in [9.17, 15) is 18.0 Å². The molecule has 2 N–H and O–H groups in total. The summed E-state index contributed by atoms with van der Waals surface area (Å²) >= 11 is 0. The highest BCUT2D eigenvalue weighted by Gasteiger charge is 2.34. The third-order valence-electron chi connectivity index (χ3n) is 5.62. The van der Waals surface area contributed by atoms with Crippen molar-refractivity contribution < 1.29 is 18.0 Å². The molecule has 1 atom stereocenters. The summed E-state index contributed by atoms with van der Waals surface area (Å²) in [6, 6.07) is 9.55. The van der Waals surface area contributed by atoms with Gasteiger partial charge in [-0.2, -0.15) is 0 Å². The predicted octanol–water partition coefficient (Wildman–Crippen LogP) is 3.54. The highest BCUT2D eigenvalue weighted by Crippen LogP contribution is 2.25. The maximum atomic E-state index is 13.0.